The minimum absolute atomic E-state index is 0.319. The standard InChI is InChI=1S/C7H8.C2H2O2/c1-7-5-3-2-4-6-7;3-1-2-4/h2-6H,1H3;1,3H. The maximum atomic E-state index is 8.74. The fraction of sp³-hybridized carbons (Fsp3) is 0.111. The van der Waals surface area contributed by atoms with Gasteiger partial charge in [-0.15, -0.1) is 0 Å². The number of benzene rings is 1. The van der Waals surface area contributed by atoms with Gasteiger partial charge < -0.3 is 5.11 Å². The molecule has 58 valence electrons. The highest BCUT2D eigenvalue weighted by molar-refractivity contribution is 5.41. The van der Waals surface area contributed by atoms with Crippen LogP contribution >= 0.6 is 0 Å². The molecule has 0 saturated carbocycles. The lowest BCUT2D eigenvalue weighted by atomic mass is 10.2. The summed E-state index contributed by atoms with van der Waals surface area (Å²) in [5.74, 6) is 1.11. The Kier molecular flexibility index (Phi) is 5.67. The smallest absolute Gasteiger partial charge is 0.163 e. The molecule has 0 aliphatic heterocycles. The van der Waals surface area contributed by atoms with E-state index in [1.54, 1.807) is 0 Å². The summed E-state index contributed by atoms with van der Waals surface area (Å²) < 4.78 is 0. The number of aliphatic hydroxyl groups excluding tert-OH is 1. The highest BCUT2D eigenvalue weighted by atomic mass is 16.2. The fourth-order valence-corrected chi connectivity index (χ4v) is 0.534. The Morgan fingerprint density at radius 2 is 1.82 bits per heavy atom. The van der Waals surface area contributed by atoms with Crippen molar-refractivity contribution < 1.29 is 9.90 Å². The molecule has 1 aromatic rings. The summed E-state index contributed by atoms with van der Waals surface area (Å²) in [6.45, 7) is 2.08. The third-order valence-corrected chi connectivity index (χ3v) is 0.993. The van der Waals surface area contributed by atoms with Crippen LogP contribution in [0.4, 0.5) is 0 Å². The molecule has 0 fully saturated rings. The molecule has 0 saturated heterocycles. The molecule has 0 spiro atoms. The quantitative estimate of drug-likeness (QED) is 0.453. The van der Waals surface area contributed by atoms with E-state index in [1.165, 1.54) is 5.56 Å². The van der Waals surface area contributed by atoms with Gasteiger partial charge >= 0.3 is 0 Å². The third-order valence-electron chi connectivity index (χ3n) is 0.993. The van der Waals surface area contributed by atoms with Crippen molar-refractivity contribution in [3.63, 3.8) is 0 Å². The first-order valence-electron chi connectivity index (χ1n) is 3.16. The van der Waals surface area contributed by atoms with Gasteiger partial charge in [0, 0.05) is 0 Å². The topological polar surface area (TPSA) is 37.3 Å². The molecule has 0 amide bonds. The van der Waals surface area contributed by atoms with Gasteiger partial charge in [-0.05, 0) is 6.92 Å². The maximum Gasteiger partial charge on any atom is 0.163 e. The molecule has 0 unspecified atom stereocenters. The number of aryl methyl sites for hydroxylation is 1. The molecule has 0 atom stereocenters. The van der Waals surface area contributed by atoms with Gasteiger partial charge in [-0.2, -0.15) is 0 Å². The lowest BCUT2D eigenvalue weighted by molar-refractivity contribution is 0.469. The SMILES string of the molecule is Cc1ccccc1.O=C=CO. The van der Waals surface area contributed by atoms with Crippen molar-refractivity contribution in [2.24, 2.45) is 0 Å². The molecule has 2 nitrogen and oxygen atoms in total. The molecule has 0 bridgehead atoms. The first-order valence-corrected chi connectivity index (χ1v) is 3.16. The predicted molar refractivity (Wildman–Crippen MR) is 44.1 cm³/mol. The van der Waals surface area contributed by atoms with Crippen molar-refractivity contribution in [2.45, 2.75) is 6.92 Å². The molecule has 1 rings (SSSR count). The van der Waals surface area contributed by atoms with Gasteiger partial charge in [-0.25, -0.2) is 4.79 Å². The number of hydrogen-bond acceptors (Lipinski definition) is 2. The van der Waals surface area contributed by atoms with Crippen LogP contribution in [-0.2, 0) is 4.79 Å². The zero-order chi connectivity index (χ0) is 8.53. The van der Waals surface area contributed by atoms with E-state index in [0.717, 1.165) is 5.94 Å². The predicted octanol–water partition coefficient (Wildman–Crippen LogP) is 1.88. The average Bonchev–Trinajstić information content (AvgIpc) is 2.07. The monoisotopic (exact) mass is 150 g/mol. The summed E-state index contributed by atoms with van der Waals surface area (Å²) >= 11 is 0. The maximum absolute atomic E-state index is 8.74. The van der Waals surface area contributed by atoms with Crippen LogP contribution in [-0.4, -0.2) is 11.0 Å². The van der Waals surface area contributed by atoms with E-state index in [4.69, 9.17) is 9.90 Å². The number of carbonyl (C=O) groups excluding carboxylic acids is 1. The molecule has 0 aromatic heterocycles. The van der Waals surface area contributed by atoms with E-state index in [0.29, 0.717) is 6.26 Å². The van der Waals surface area contributed by atoms with E-state index < -0.39 is 0 Å². The van der Waals surface area contributed by atoms with Crippen LogP contribution in [0.3, 0.4) is 0 Å². The summed E-state index contributed by atoms with van der Waals surface area (Å²) in [4.78, 5) is 8.74. The minimum Gasteiger partial charge on any atom is -0.504 e. The van der Waals surface area contributed by atoms with Crippen LogP contribution in [0.1, 0.15) is 5.56 Å². The summed E-state index contributed by atoms with van der Waals surface area (Å²) in [5, 5.41) is 7.33. The zero-order valence-electron chi connectivity index (χ0n) is 6.32. The second-order valence-corrected chi connectivity index (χ2v) is 1.90. The normalized spacial score (nSPS) is 7.00. The second kappa shape index (κ2) is 6.59. The first kappa shape index (κ1) is 9.47. The van der Waals surface area contributed by atoms with E-state index in [-0.39, 0.29) is 0 Å². The molecular weight excluding hydrogens is 140 g/mol. The van der Waals surface area contributed by atoms with Crippen LogP contribution in [0, 0.1) is 6.92 Å². The van der Waals surface area contributed by atoms with Crippen molar-refractivity contribution in [2.75, 3.05) is 0 Å². The molecule has 11 heavy (non-hydrogen) atoms. The Morgan fingerprint density at radius 3 is 2.00 bits per heavy atom. The minimum atomic E-state index is 0.319. The van der Waals surface area contributed by atoms with Crippen LogP contribution in [0.2, 0.25) is 0 Å². The largest absolute Gasteiger partial charge is 0.504 e. The van der Waals surface area contributed by atoms with Gasteiger partial charge in [0.05, 0.1) is 0 Å². The fourth-order valence-electron chi connectivity index (χ4n) is 0.534. The van der Waals surface area contributed by atoms with Crippen molar-refractivity contribution in [3.8, 4) is 0 Å². The molecular formula is C9H10O2. The average molecular weight is 150 g/mol. The summed E-state index contributed by atoms with van der Waals surface area (Å²) in [7, 11) is 0. The van der Waals surface area contributed by atoms with Crippen LogP contribution in [0.25, 0.3) is 0 Å². The summed E-state index contributed by atoms with van der Waals surface area (Å²) in [6, 6.07) is 10.3. The lowest BCUT2D eigenvalue weighted by Crippen LogP contribution is -1.62. The van der Waals surface area contributed by atoms with Crippen LogP contribution < -0.4 is 0 Å². The van der Waals surface area contributed by atoms with Gasteiger partial charge in [0.1, 0.15) is 0 Å². The Bertz CT molecular complexity index is 223. The van der Waals surface area contributed by atoms with Crippen molar-refractivity contribution >= 4 is 5.94 Å². The highest BCUT2D eigenvalue weighted by Gasteiger charge is 1.72. The molecule has 0 radical (unpaired) electrons. The third kappa shape index (κ3) is 6.35. The summed E-state index contributed by atoms with van der Waals surface area (Å²) in [5.41, 5.74) is 1.32. The Hall–Kier alpha value is -1.53. The number of hydrogen-bond donors (Lipinski definition) is 1. The summed E-state index contributed by atoms with van der Waals surface area (Å²) in [6.07, 6.45) is 0.319. The zero-order valence-corrected chi connectivity index (χ0v) is 6.32. The van der Waals surface area contributed by atoms with Gasteiger partial charge in [-0.1, -0.05) is 35.9 Å². The molecule has 0 aliphatic rings. The second-order valence-electron chi connectivity index (χ2n) is 1.90. The molecule has 1 N–H and O–H groups in total. The van der Waals surface area contributed by atoms with Crippen LogP contribution in [0.15, 0.2) is 36.6 Å². The van der Waals surface area contributed by atoms with Crippen molar-refractivity contribution in [3.05, 3.63) is 42.2 Å². The molecule has 0 heterocycles. The van der Waals surface area contributed by atoms with E-state index in [1.807, 2.05) is 18.2 Å². The Balaban J connectivity index is 0.000000218. The molecule has 1 aromatic carbocycles. The van der Waals surface area contributed by atoms with E-state index in [9.17, 15) is 0 Å². The van der Waals surface area contributed by atoms with Gasteiger partial charge in [0.15, 0.2) is 12.2 Å². The van der Waals surface area contributed by atoms with Gasteiger partial charge in [0.25, 0.3) is 0 Å². The van der Waals surface area contributed by atoms with Gasteiger partial charge in [0.2, 0.25) is 0 Å². The first-order chi connectivity index (χ1) is 5.31. The van der Waals surface area contributed by atoms with Gasteiger partial charge in [-0.3, -0.25) is 0 Å². The Labute approximate surface area is 65.8 Å². The number of aliphatic hydroxyl groups is 1. The van der Waals surface area contributed by atoms with Crippen LogP contribution in [0.5, 0.6) is 0 Å². The molecule has 0 aliphatic carbocycles. The number of rotatable bonds is 0. The van der Waals surface area contributed by atoms with Crippen molar-refractivity contribution in [1.29, 1.82) is 0 Å². The van der Waals surface area contributed by atoms with Crippen molar-refractivity contribution in [1.82, 2.24) is 0 Å². The van der Waals surface area contributed by atoms with E-state index in [2.05, 4.69) is 19.1 Å². The lowest BCUT2D eigenvalue weighted by Gasteiger charge is -1.82. The molecule has 2 heteroatoms. The Morgan fingerprint density at radius 1 is 1.36 bits per heavy atom. The van der Waals surface area contributed by atoms with E-state index >= 15 is 0 Å². The highest BCUT2D eigenvalue weighted by Crippen LogP contribution is 1.92.